The van der Waals surface area contributed by atoms with Gasteiger partial charge >= 0.3 is 6.18 Å². The van der Waals surface area contributed by atoms with Crippen LogP contribution in [-0.2, 0) is 6.18 Å². The van der Waals surface area contributed by atoms with Crippen LogP contribution >= 0.6 is 0 Å². The van der Waals surface area contributed by atoms with Gasteiger partial charge in [0, 0.05) is 11.3 Å². The molecule has 0 amide bonds. The van der Waals surface area contributed by atoms with Crippen molar-refractivity contribution in [1.29, 1.82) is 0 Å². The Labute approximate surface area is 118 Å². The van der Waals surface area contributed by atoms with Crippen molar-refractivity contribution in [3.63, 3.8) is 0 Å². The van der Waals surface area contributed by atoms with Crippen LogP contribution in [0, 0.1) is 11.6 Å². The molecule has 6 heteroatoms. The number of alkyl halides is 3. The summed E-state index contributed by atoms with van der Waals surface area (Å²) in [6.45, 7) is 1.61. The third kappa shape index (κ3) is 3.51. The Bertz CT molecular complexity index is 636. The molecule has 0 spiro atoms. The number of halogens is 5. The summed E-state index contributed by atoms with van der Waals surface area (Å²) in [6.07, 6.45) is -4.77. The first-order valence-corrected chi connectivity index (χ1v) is 6.16. The molecule has 0 aliphatic carbocycles. The van der Waals surface area contributed by atoms with Gasteiger partial charge in [0.2, 0.25) is 0 Å². The molecule has 1 unspecified atom stereocenters. The maximum atomic E-state index is 13.6. The quantitative estimate of drug-likeness (QED) is 0.772. The van der Waals surface area contributed by atoms with Crippen molar-refractivity contribution in [3.8, 4) is 0 Å². The summed E-state index contributed by atoms with van der Waals surface area (Å²) in [5, 5.41) is 2.73. The number of benzene rings is 2. The van der Waals surface area contributed by atoms with E-state index < -0.39 is 29.4 Å². The first kappa shape index (κ1) is 15.3. The molecule has 21 heavy (non-hydrogen) atoms. The standard InChI is InChI=1S/C15H12F5N/c1-9(11-4-2-3-5-13(11)16)21-10-6-7-14(17)12(8-10)15(18,19)20/h2-9,21H,1H3. The Morgan fingerprint density at radius 2 is 1.62 bits per heavy atom. The number of hydrogen-bond acceptors (Lipinski definition) is 1. The van der Waals surface area contributed by atoms with Crippen molar-refractivity contribution in [2.75, 3.05) is 5.32 Å². The van der Waals surface area contributed by atoms with Crippen LogP contribution in [0.2, 0.25) is 0 Å². The lowest BCUT2D eigenvalue weighted by Gasteiger charge is -2.18. The predicted molar refractivity (Wildman–Crippen MR) is 69.8 cm³/mol. The molecule has 112 valence electrons. The number of hydrogen-bond donors (Lipinski definition) is 1. The Balaban J connectivity index is 2.26. The van der Waals surface area contributed by atoms with E-state index >= 15 is 0 Å². The topological polar surface area (TPSA) is 12.0 Å². The lowest BCUT2D eigenvalue weighted by atomic mass is 10.1. The van der Waals surface area contributed by atoms with Crippen LogP contribution in [0.5, 0.6) is 0 Å². The summed E-state index contributed by atoms with van der Waals surface area (Å²) in [6, 6.07) is 7.97. The molecule has 0 heterocycles. The summed E-state index contributed by atoms with van der Waals surface area (Å²) in [4.78, 5) is 0. The minimum absolute atomic E-state index is 0.0690. The number of rotatable bonds is 3. The molecule has 0 aliphatic heterocycles. The Morgan fingerprint density at radius 3 is 2.24 bits per heavy atom. The Morgan fingerprint density at radius 1 is 0.952 bits per heavy atom. The highest BCUT2D eigenvalue weighted by molar-refractivity contribution is 5.49. The van der Waals surface area contributed by atoms with Crippen molar-refractivity contribution in [1.82, 2.24) is 0 Å². The van der Waals surface area contributed by atoms with Crippen LogP contribution in [0.3, 0.4) is 0 Å². The molecule has 0 aliphatic rings. The average Bonchev–Trinajstić information content (AvgIpc) is 2.40. The van der Waals surface area contributed by atoms with Gasteiger partial charge in [0.1, 0.15) is 11.6 Å². The SMILES string of the molecule is CC(Nc1ccc(F)c(C(F)(F)F)c1)c1ccccc1F. The van der Waals surface area contributed by atoms with Crippen molar-refractivity contribution >= 4 is 5.69 Å². The van der Waals surface area contributed by atoms with E-state index in [-0.39, 0.29) is 5.69 Å². The third-order valence-corrected chi connectivity index (χ3v) is 3.03. The third-order valence-electron chi connectivity index (χ3n) is 3.03. The van der Waals surface area contributed by atoms with Crippen LogP contribution in [-0.4, -0.2) is 0 Å². The van der Waals surface area contributed by atoms with Crippen LogP contribution in [0.4, 0.5) is 27.6 Å². The molecule has 2 rings (SSSR count). The highest BCUT2D eigenvalue weighted by Gasteiger charge is 2.34. The summed E-state index contributed by atoms with van der Waals surface area (Å²) >= 11 is 0. The zero-order chi connectivity index (χ0) is 15.6. The fraction of sp³-hybridized carbons (Fsp3) is 0.200. The Kier molecular flexibility index (Phi) is 4.16. The maximum absolute atomic E-state index is 13.6. The number of nitrogens with one attached hydrogen (secondary N) is 1. The van der Waals surface area contributed by atoms with Crippen LogP contribution in [0.1, 0.15) is 24.1 Å². The van der Waals surface area contributed by atoms with Crippen molar-refractivity contribution < 1.29 is 22.0 Å². The molecule has 0 radical (unpaired) electrons. The van der Waals surface area contributed by atoms with Crippen molar-refractivity contribution in [2.45, 2.75) is 19.1 Å². The molecule has 0 fully saturated rings. The largest absolute Gasteiger partial charge is 0.419 e. The van der Waals surface area contributed by atoms with Crippen molar-refractivity contribution in [2.24, 2.45) is 0 Å². The van der Waals surface area contributed by atoms with E-state index in [1.807, 2.05) is 0 Å². The van der Waals surface area contributed by atoms with E-state index in [1.54, 1.807) is 13.0 Å². The van der Waals surface area contributed by atoms with Gasteiger partial charge in [0.25, 0.3) is 0 Å². The zero-order valence-electron chi connectivity index (χ0n) is 11.0. The summed E-state index contributed by atoms with van der Waals surface area (Å²) in [7, 11) is 0. The van der Waals surface area contributed by atoms with Gasteiger partial charge in [-0.3, -0.25) is 0 Å². The van der Waals surface area contributed by atoms with Gasteiger partial charge in [0.05, 0.1) is 11.6 Å². The van der Waals surface area contributed by atoms with E-state index in [9.17, 15) is 22.0 Å². The number of anilines is 1. The maximum Gasteiger partial charge on any atom is 0.419 e. The van der Waals surface area contributed by atoms with E-state index in [4.69, 9.17) is 0 Å². The van der Waals surface area contributed by atoms with Gasteiger partial charge in [0.15, 0.2) is 0 Å². The fourth-order valence-corrected chi connectivity index (χ4v) is 1.99. The highest BCUT2D eigenvalue weighted by atomic mass is 19.4. The van der Waals surface area contributed by atoms with Gasteiger partial charge in [-0.15, -0.1) is 0 Å². The average molecular weight is 301 g/mol. The second-order valence-electron chi connectivity index (χ2n) is 4.58. The van der Waals surface area contributed by atoms with E-state index in [0.29, 0.717) is 11.6 Å². The summed E-state index contributed by atoms with van der Waals surface area (Å²) < 4.78 is 64.7. The van der Waals surface area contributed by atoms with Gasteiger partial charge in [-0.1, -0.05) is 18.2 Å². The highest BCUT2D eigenvalue weighted by Crippen LogP contribution is 2.33. The van der Waals surface area contributed by atoms with Crippen LogP contribution in [0.15, 0.2) is 42.5 Å². The normalized spacial score (nSPS) is 13.0. The summed E-state index contributed by atoms with van der Waals surface area (Å²) in [5.74, 6) is -1.80. The predicted octanol–water partition coefficient (Wildman–Crippen LogP) is 5.16. The molecule has 0 saturated carbocycles. The lowest BCUT2D eigenvalue weighted by molar-refractivity contribution is -0.139. The zero-order valence-corrected chi connectivity index (χ0v) is 11.0. The smallest absolute Gasteiger partial charge is 0.378 e. The van der Waals surface area contributed by atoms with E-state index in [2.05, 4.69) is 5.32 Å². The molecule has 0 saturated heterocycles. The Hall–Kier alpha value is -2.11. The molecule has 2 aromatic carbocycles. The molecular formula is C15H12F5N. The van der Waals surface area contributed by atoms with Gasteiger partial charge < -0.3 is 5.32 Å². The molecular weight excluding hydrogens is 289 g/mol. The van der Waals surface area contributed by atoms with Gasteiger partial charge in [-0.2, -0.15) is 13.2 Å². The molecule has 0 bridgehead atoms. The fourth-order valence-electron chi connectivity index (χ4n) is 1.99. The molecule has 0 aromatic heterocycles. The van der Waals surface area contributed by atoms with Gasteiger partial charge in [-0.25, -0.2) is 8.78 Å². The molecule has 1 atom stereocenters. The lowest BCUT2D eigenvalue weighted by Crippen LogP contribution is -2.12. The second-order valence-corrected chi connectivity index (χ2v) is 4.58. The van der Waals surface area contributed by atoms with Gasteiger partial charge in [-0.05, 0) is 31.2 Å². The van der Waals surface area contributed by atoms with Crippen LogP contribution < -0.4 is 5.32 Å². The minimum Gasteiger partial charge on any atom is -0.378 e. The van der Waals surface area contributed by atoms with E-state index in [0.717, 1.165) is 6.07 Å². The van der Waals surface area contributed by atoms with Crippen molar-refractivity contribution in [3.05, 3.63) is 65.2 Å². The molecule has 1 nitrogen and oxygen atoms in total. The molecule has 1 N–H and O–H groups in total. The monoisotopic (exact) mass is 301 g/mol. The first-order valence-electron chi connectivity index (χ1n) is 6.16. The molecule has 2 aromatic rings. The first-order chi connectivity index (χ1) is 9.79. The van der Waals surface area contributed by atoms with E-state index in [1.165, 1.54) is 24.3 Å². The minimum atomic E-state index is -4.77. The second kappa shape index (κ2) is 5.71. The van der Waals surface area contributed by atoms with Crippen LogP contribution in [0.25, 0.3) is 0 Å². The summed E-state index contributed by atoms with van der Waals surface area (Å²) in [5.41, 5.74) is -0.969.